The molecule has 0 atom stereocenters. The maximum Gasteiger partial charge on any atom is 0.204 e. The molecule has 108 valence electrons. The van der Waals surface area contributed by atoms with Crippen molar-refractivity contribution in [3.05, 3.63) is 38.0 Å². The fourth-order valence-electron chi connectivity index (χ4n) is 2.27. The molecule has 0 unspecified atom stereocenters. The van der Waals surface area contributed by atoms with Gasteiger partial charge in [0.05, 0.1) is 10.4 Å². The molecule has 0 bridgehead atoms. The highest BCUT2D eigenvalue weighted by molar-refractivity contribution is 6.41. The van der Waals surface area contributed by atoms with Crippen molar-refractivity contribution < 1.29 is 19.7 Å². The van der Waals surface area contributed by atoms with E-state index in [1.807, 2.05) is 0 Å². The molecule has 3 rings (SSSR count). The zero-order chi connectivity index (χ0) is 15.5. The minimum absolute atomic E-state index is 0.0481. The Morgan fingerprint density at radius 3 is 2.38 bits per heavy atom. The number of rotatable bonds is 0. The highest BCUT2D eigenvalue weighted by atomic mass is 35.5. The standard InChI is InChI=1S/C14H8Cl2O5/c1-4-8-12(19)9-6(18)2-5(17)3-7(9)21-14(8)11(16)13(20)10(4)15/h2-3,17-18,20H,1H3. The van der Waals surface area contributed by atoms with Crippen molar-refractivity contribution in [1.29, 1.82) is 0 Å². The number of aromatic hydroxyl groups is 3. The van der Waals surface area contributed by atoms with Crippen LogP contribution in [-0.4, -0.2) is 15.3 Å². The molecule has 21 heavy (non-hydrogen) atoms. The molecule has 3 aromatic rings. The quantitative estimate of drug-likeness (QED) is 0.548. The molecule has 2 aromatic carbocycles. The molecule has 5 nitrogen and oxygen atoms in total. The van der Waals surface area contributed by atoms with Gasteiger partial charge in [0, 0.05) is 12.1 Å². The average Bonchev–Trinajstić information content (AvgIpc) is 2.41. The van der Waals surface area contributed by atoms with Crippen LogP contribution in [0.25, 0.3) is 21.9 Å². The number of benzene rings is 2. The zero-order valence-electron chi connectivity index (χ0n) is 10.6. The summed E-state index contributed by atoms with van der Waals surface area (Å²) in [7, 11) is 0. The summed E-state index contributed by atoms with van der Waals surface area (Å²) < 4.78 is 5.47. The second-order valence-corrected chi connectivity index (χ2v) is 5.33. The number of halogens is 2. The summed E-state index contributed by atoms with van der Waals surface area (Å²) in [5, 5.41) is 28.9. The molecule has 0 fully saturated rings. The zero-order valence-corrected chi connectivity index (χ0v) is 12.1. The van der Waals surface area contributed by atoms with Gasteiger partial charge in [-0.3, -0.25) is 4.79 Å². The molecule has 0 radical (unpaired) electrons. The Hall–Kier alpha value is -2.11. The predicted octanol–water partition coefficient (Wildman–Crippen LogP) is 3.68. The smallest absolute Gasteiger partial charge is 0.204 e. The van der Waals surface area contributed by atoms with Gasteiger partial charge in [-0.15, -0.1) is 0 Å². The van der Waals surface area contributed by atoms with Gasteiger partial charge in [0.2, 0.25) is 5.43 Å². The lowest BCUT2D eigenvalue weighted by Gasteiger charge is -2.10. The van der Waals surface area contributed by atoms with Crippen LogP contribution in [0.15, 0.2) is 21.3 Å². The number of hydrogen-bond donors (Lipinski definition) is 3. The van der Waals surface area contributed by atoms with E-state index in [9.17, 15) is 20.1 Å². The molecule has 0 aliphatic carbocycles. The molecule has 0 saturated heterocycles. The Balaban J connectivity index is 2.71. The molecule has 0 saturated carbocycles. The summed E-state index contributed by atoms with van der Waals surface area (Å²) in [6.07, 6.45) is 0. The first-order valence-corrected chi connectivity index (χ1v) is 6.57. The molecular weight excluding hydrogens is 319 g/mol. The van der Waals surface area contributed by atoms with Crippen molar-refractivity contribution in [3.8, 4) is 17.2 Å². The molecule has 0 aliphatic rings. The van der Waals surface area contributed by atoms with Crippen LogP contribution in [0, 0.1) is 6.92 Å². The van der Waals surface area contributed by atoms with Crippen molar-refractivity contribution in [1.82, 2.24) is 0 Å². The number of phenols is 3. The molecule has 0 amide bonds. The monoisotopic (exact) mass is 326 g/mol. The van der Waals surface area contributed by atoms with Crippen molar-refractivity contribution in [2.75, 3.05) is 0 Å². The van der Waals surface area contributed by atoms with Gasteiger partial charge < -0.3 is 19.7 Å². The Morgan fingerprint density at radius 1 is 1.05 bits per heavy atom. The van der Waals surface area contributed by atoms with Crippen molar-refractivity contribution in [3.63, 3.8) is 0 Å². The lowest BCUT2D eigenvalue weighted by atomic mass is 10.1. The summed E-state index contributed by atoms with van der Waals surface area (Å²) in [5.41, 5.74) is -0.367. The summed E-state index contributed by atoms with van der Waals surface area (Å²) in [6.45, 7) is 1.53. The van der Waals surface area contributed by atoms with E-state index in [-0.39, 0.29) is 43.3 Å². The Labute approximate surface area is 127 Å². The van der Waals surface area contributed by atoms with E-state index in [1.54, 1.807) is 0 Å². The summed E-state index contributed by atoms with van der Waals surface area (Å²) >= 11 is 11.9. The van der Waals surface area contributed by atoms with E-state index < -0.39 is 16.9 Å². The minimum atomic E-state index is -0.551. The third-order valence-corrected chi connectivity index (χ3v) is 4.09. The SMILES string of the molecule is Cc1c(Cl)c(O)c(Cl)c2oc3cc(O)cc(O)c3c(=O)c12. The lowest BCUT2D eigenvalue weighted by molar-refractivity contribution is 0.453. The Bertz CT molecular complexity index is 975. The third kappa shape index (κ3) is 1.81. The first-order chi connectivity index (χ1) is 9.82. The Morgan fingerprint density at radius 2 is 1.71 bits per heavy atom. The van der Waals surface area contributed by atoms with Crippen LogP contribution in [0.2, 0.25) is 10.0 Å². The van der Waals surface area contributed by atoms with E-state index in [2.05, 4.69) is 0 Å². The van der Waals surface area contributed by atoms with Crippen molar-refractivity contribution in [2.24, 2.45) is 0 Å². The van der Waals surface area contributed by atoms with E-state index >= 15 is 0 Å². The highest BCUT2D eigenvalue weighted by Gasteiger charge is 2.21. The van der Waals surface area contributed by atoms with Crippen molar-refractivity contribution >= 4 is 45.1 Å². The van der Waals surface area contributed by atoms with Gasteiger partial charge in [-0.25, -0.2) is 0 Å². The third-order valence-electron chi connectivity index (χ3n) is 3.28. The second-order valence-electron chi connectivity index (χ2n) is 4.57. The van der Waals surface area contributed by atoms with Crippen LogP contribution in [0.1, 0.15) is 5.56 Å². The normalized spacial score (nSPS) is 11.4. The Kier molecular flexibility index (Phi) is 2.93. The number of hydrogen-bond acceptors (Lipinski definition) is 5. The fourth-order valence-corrected chi connectivity index (χ4v) is 2.74. The second kappa shape index (κ2) is 4.44. The molecule has 7 heteroatoms. The topological polar surface area (TPSA) is 90.9 Å². The maximum atomic E-state index is 12.6. The van der Waals surface area contributed by atoms with Crippen LogP contribution < -0.4 is 5.43 Å². The van der Waals surface area contributed by atoms with Gasteiger partial charge in [0.15, 0.2) is 11.3 Å². The number of phenolic OH excluding ortho intramolecular Hbond substituents is 3. The van der Waals surface area contributed by atoms with Gasteiger partial charge >= 0.3 is 0 Å². The lowest BCUT2D eigenvalue weighted by Crippen LogP contribution is -2.05. The summed E-state index contributed by atoms with van der Waals surface area (Å²) in [6, 6.07) is 2.21. The largest absolute Gasteiger partial charge is 0.508 e. The van der Waals surface area contributed by atoms with Crippen LogP contribution >= 0.6 is 23.2 Å². The van der Waals surface area contributed by atoms with E-state index in [0.717, 1.165) is 6.07 Å². The number of fused-ring (bicyclic) bond motifs is 2. The van der Waals surface area contributed by atoms with E-state index in [1.165, 1.54) is 13.0 Å². The van der Waals surface area contributed by atoms with E-state index in [4.69, 9.17) is 27.6 Å². The fraction of sp³-hybridized carbons (Fsp3) is 0.0714. The minimum Gasteiger partial charge on any atom is -0.508 e. The van der Waals surface area contributed by atoms with Crippen molar-refractivity contribution in [2.45, 2.75) is 6.92 Å². The van der Waals surface area contributed by atoms with Gasteiger partial charge in [0.25, 0.3) is 0 Å². The average molecular weight is 327 g/mol. The first kappa shape index (κ1) is 13.9. The first-order valence-electron chi connectivity index (χ1n) is 5.82. The van der Waals surface area contributed by atoms with Crippen LogP contribution in [0.3, 0.4) is 0 Å². The molecule has 3 N–H and O–H groups in total. The molecule has 0 aliphatic heterocycles. The molecule has 1 heterocycles. The summed E-state index contributed by atoms with van der Waals surface area (Å²) in [5.74, 6) is -1.08. The van der Waals surface area contributed by atoms with Crippen LogP contribution in [0.5, 0.6) is 17.2 Å². The predicted molar refractivity (Wildman–Crippen MR) is 79.7 cm³/mol. The maximum absolute atomic E-state index is 12.6. The molecule has 0 spiro atoms. The highest BCUT2D eigenvalue weighted by Crippen LogP contribution is 2.42. The molecular formula is C14H8Cl2O5. The molecule has 1 aromatic heterocycles. The van der Waals surface area contributed by atoms with Gasteiger partial charge in [-0.05, 0) is 12.5 Å². The van der Waals surface area contributed by atoms with Gasteiger partial charge in [0.1, 0.15) is 27.5 Å². The van der Waals surface area contributed by atoms with Gasteiger partial charge in [-0.1, -0.05) is 23.2 Å². The summed E-state index contributed by atoms with van der Waals surface area (Å²) in [4.78, 5) is 12.6. The van der Waals surface area contributed by atoms with Crippen LogP contribution in [0.4, 0.5) is 0 Å². The number of aryl methyl sites for hydroxylation is 1. The van der Waals surface area contributed by atoms with E-state index in [0.29, 0.717) is 0 Å². The van der Waals surface area contributed by atoms with Gasteiger partial charge in [-0.2, -0.15) is 0 Å². The van der Waals surface area contributed by atoms with Crippen LogP contribution in [-0.2, 0) is 0 Å².